The van der Waals surface area contributed by atoms with Crippen molar-refractivity contribution in [1.82, 2.24) is 20.4 Å². The summed E-state index contributed by atoms with van der Waals surface area (Å²) in [7, 11) is 1.77. The van der Waals surface area contributed by atoms with E-state index in [0.717, 1.165) is 22.3 Å². The predicted molar refractivity (Wildman–Crippen MR) is 94.0 cm³/mol. The first-order valence-electron chi connectivity index (χ1n) is 8.07. The number of nitrogens with zero attached hydrogens (tertiary/aromatic N) is 2. The van der Waals surface area contributed by atoms with Crippen LogP contribution in [0.3, 0.4) is 0 Å². The van der Waals surface area contributed by atoms with Gasteiger partial charge >= 0.3 is 6.03 Å². The van der Waals surface area contributed by atoms with Crippen molar-refractivity contribution < 1.29 is 14.3 Å². The molecule has 0 spiro atoms. The molecule has 3 rings (SSSR count). The van der Waals surface area contributed by atoms with Gasteiger partial charge in [-0.3, -0.25) is 4.68 Å². The molecule has 2 heterocycles. The Labute approximate surface area is 145 Å². The second kappa shape index (κ2) is 6.60. The highest BCUT2D eigenvalue weighted by Crippen LogP contribution is 2.24. The summed E-state index contributed by atoms with van der Waals surface area (Å²) in [6, 6.07) is 7.38. The maximum Gasteiger partial charge on any atom is 0.315 e. The van der Waals surface area contributed by atoms with Gasteiger partial charge in [-0.2, -0.15) is 5.10 Å². The summed E-state index contributed by atoms with van der Waals surface area (Å²) in [5, 5.41) is 21.0. The molecule has 25 heavy (non-hydrogen) atoms. The number of hydrogen-bond acceptors (Lipinski definition) is 4. The Morgan fingerprint density at radius 1 is 1.36 bits per heavy atom. The van der Waals surface area contributed by atoms with Crippen molar-refractivity contribution in [3.63, 3.8) is 0 Å². The van der Waals surface area contributed by atoms with Crippen molar-refractivity contribution in [2.45, 2.75) is 26.0 Å². The lowest BCUT2D eigenvalue weighted by molar-refractivity contribution is 0.0593. The second-order valence-electron chi connectivity index (χ2n) is 6.36. The molecular weight excluding hydrogens is 320 g/mol. The van der Waals surface area contributed by atoms with Gasteiger partial charge in [0.05, 0.1) is 19.3 Å². The van der Waals surface area contributed by atoms with Crippen LogP contribution in [0.5, 0.6) is 0 Å². The van der Waals surface area contributed by atoms with Crippen molar-refractivity contribution in [3.8, 4) is 0 Å². The molecule has 1 unspecified atom stereocenters. The van der Waals surface area contributed by atoms with Gasteiger partial charge in [-0.25, -0.2) is 4.79 Å². The third kappa shape index (κ3) is 3.66. The molecule has 1 aromatic carbocycles. The maximum absolute atomic E-state index is 12.0. The van der Waals surface area contributed by atoms with Crippen molar-refractivity contribution in [1.29, 1.82) is 0 Å². The number of carbonyl (C=O) groups excluding carboxylic acids is 1. The summed E-state index contributed by atoms with van der Waals surface area (Å²) in [6.07, 6.45) is 3.30. The first kappa shape index (κ1) is 17.0. The lowest BCUT2D eigenvalue weighted by Gasteiger charge is -2.22. The highest BCUT2D eigenvalue weighted by molar-refractivity contribution is 5.82. The molecule has 0 saturated heterocycles. The van der Waals surface area contributed by atoms with Gasteiger partial charge in [0.25, 0.3) is 0 Å². The highest BCUT2D eigenvalue weighted by atomic mass is 16.3. The van der Waals surface area contributed by atoms with Gasteiger partial charge in [-0.05, 0) is 19.9 Å². The largest absolute Gasteiger partial charge is 0.459 e. The Hall–Kier alpha value is -2.80. The van der Waals surface area contributed by atoms with E-state index in [1.807, 2.05) is 31.2 Å². The summed E-state index contributed by atoms with van der Waals surface area (Å²) < 4.78 is 7.37. The third-order valence-electron chi connectivity index (χ3n) is 4.27. The molecule has 1 atom stereocenters. The van der Waals surface area contributed by atoms with E-state index in [9.17, 15) is 9.90 Å². The van der Waals surface area contributed by atoms with Crippen LogP contribution < -0.4 is 10.6 Å². The summed E-state index contributed by atoms with van der Waals surface area (Å²) in [6.45, 7) is 3.95. The van der Waals surface area contributed by atoms with E-state index >= 15 is 0 Å². The van der Waals surface area contributed by atoms with Crippen LogP contribution in [0.25, 0.3) is 11.0 Å². The first-order valence-corrected chi connectivity index (χ1v) is 8.07. The number of amides is 2. The SMILES string of the molecule is Cc1c(CNC(=O)NCC(C)(O)c2cnn(C)c2)oc2ccccc12. The smallest absolute Gasteiger partial charge is 0.315 e. The fraction of sp³-hybridized carbons (Fsp3) is 0.333. The van der Waals surface area contributed by atoms with Crippen molar-refractivity contribution in [2.75, 3.05) is 6.54 Å². The van der Waals surface area contributed by atoms with Gasteiger partial charge in [0.15, 0.2) is 0 Å². The number of nitrogens with one attached hydrogen (secondary N) is 2. The number of urea groups is 1. The van der Waals surface area contributed by atoms with Crippen LogP contribution >= 0.6 is 0 Å². The van der Waals surface area contributed by atoms with Crippen LogP contribution in [0, 0.1) is 6.92 Å². The van der Waals surface area contributed by atoms with Crippen molar-refractivity contribution in [2.24, 2.45) is 7.05 Å². The average molecular weight is 342 g/mol. The van der Waals surface area contributed by atoms with E-state index in [2.05, 4.69) is 15.7 Å². The fourth-order valence-corrected chi connectivity index (χ4v) is 2.67. The monoisotopic (exact) mass is 342 g/mol. The van der Waals surface area contributed by atoms with Gasteiger partial charge in [-0.15, -0.1) is 0 Å². The van der Waals surface area contributed by atoms with E-state index in [1.165, 1.54) is 0 Å². The molecule has 0 fully saturated rings. The van der Waals surface area contributed by atoms with E-state index in [1.54, 1.807) is 31.0 Å². The zero-order chi connectivity index (χ0) is 18.0. The van der Waals surface area contributed by atoms with Crippen LogP contribution in [-0.2, 0) is 19.2 Å². The predicted octanol–water partition coefficient (Wildman–Crippen LogP) is 2.18. The topological polar surface area (TPSA) is 92.3 Å². The second-order valence-corrected chi connectivity index (χ2v) is 6.36. The lowest BCUT2D eigenvalue weighted by Crippen LogP contribution is -2.43. The van der Waals surface area contributed by atoms with Gasteiger partial charge in [0.1, 0.15) is 16.9 Å². The number of benzene rings is 1. The zero-order valence-corrected chi connectivity index (χ0v) is 14.5. The number of hydrogen-bond donors (Lipinski definition) is 3. The van der Waals surface area contributed by atoms with Gasteiger partial charge in [0, 0.05) is 29.8 Å². The number of para-hydroxylation sites is 1. The number of aryl methyl sites for hydroxylation is 2. The molecule has 0 radical (unpaired) electrons. The molecule has 0 bridgehead atoms. The molecule has 0 aliphatic rings. The summed E-state index contributed by atoms with van der Waals surface area (Å²) in [4.78, 5) is 12.0. The van der Waals surface area contributed by atoms with E-state index in [0.29, 0.717) is 5.56 Å². The van der Waals surface area contributed by atoms with E-state index < -0.39 is 5.60 Å². The lowest BCUT2D eigenvalue weighted by atomic mass is 10.00. The molecule has 7 nitrogen and oxygen atoms in total. The Morgan fingerprint density at radius 2 is 2.12 bits per heavy atom. The normalized spacial score (nSPS) is 13.6. The first-order chi connectivity index (χ1) is 11.9. The van der Waals surface area contributed by atoms with Gasteiger partial charge in [-0.1, -0.05) is 18.2 Å². The average Bonchev–Trinajstić information content (AvgIpc) is 3.16. The number of furan rings is 1. The standard InChI is InChI=1S/C18H22N4O3/c1-12-14-6-4-5-7-15(14)25-16(12)9-19-17(23)20-11-18(2,24)13-8-21-22(3)10-13/h4-8,10,24H,9,11H2,1-3H3,(H2,19,20,23). The number of carbonyl (C=O) groups is 1. The minimum Gasteiger partial charge on any atom is -0.459 e. The summed E-state index contributed by atoms with van der Waals surface area (Å²) in [5.41, 5.74) is 1.26. The van der Waals surface area contributed by atoms with Crippen LogP contribution in [0.2, 0.25) is 0 Å². The molecule has 7 heteroatoms. The number of rotatable bonds is 5. The molecule has 0 aliphatic carbocycles. The highest BCUT2D eigenvalue weighted by Gasteiger charge is 2.25. The summed E-state index contributed by atoms with van der Waals surface area (Å²) in [5.74, 6) is 0.718. The third-order valence-corrected chi connectivity index (χ3v) is 4.27. The number of aromatic nitrogens is 2. The molecule has 3 aromatic rings. The van der Waals surface area contributed by atoms with Crippen LogP contribution in [0.1, 0.15) is 23.8 Å². The van der Waals surface area contributed by atoms with Crippen LogP contribution in [0.15, 0.2) is 41.1 Å². The minimum absolute atomic E-state index is 0.0731. The Kier molecular flexibility index (Phi) is 4.50. The molecule has 0 aliphatic heterocycles. The van der Waals surface area contributed by atoms with Crippen molar-refractivity contribution in [3.05, 3.63) is 53.5 Å². The molecule has 2 aromatic heterocycles. The Morgan fingerprint density at radius 3 is 2.80 bits per heavy atom. The molecule has 0 saturated carbocycles. The van der Waals surface area contributed by atoms with Crippen LogP contribution in [0.4, 0.5) is 4.79 Å². The van der Waals surface area contributed by atoms with Gasteiger partial charge < -0.3 is 20.2 Å². The molecule has 2 amide bonds. The van der Waals surface area contributed by atoms with E-state index in [4.69, 9.17) is 4.42 Å². The van der Waals surface area contributed by atoms with E-state index in [-0.39, 0.29) is 19.1 Å². The molecular formula is C18H22N4O3. The molecule has 3 N–H and O–H groups in total. The Balaban J connectivity index is 1.56. The zero-order valence-electron chi connectivity index (χ0n) is 14.5. The quantitative estimate of drug-likeness (QED) is 0.663. The van der Waals surface area contributed by atoms with Gasteiger partial charge in [0.2, 0.25) is 0 Å². The number of fused-ring (bicyclic) bond motifs is 1. The molecule has 132 valence electrons. The number of aliphatic hydroxyl groups is 1. The summed E-state index contributed by atoms with van der Waals surface area (Å²) >= 11 is 0. The minimum atomic E-state index is -1.19. The van der Waals surface area contributed by atoms with Crippen LogP contribution in [-0.4, -0.2) is 27.5 Å². The van der Waals surface area contributed by atoms with Crippen molar-refractivity contribution >= 4 is 17.0 Å². The Bertz CT molecular complexity index is 895. The fourth-order valence-electron chi connectivity index (χ4n) is 2.67. The maximum atomic E-state index is 12.0.